The molecule has 6 heteroatoms. The largest absolute Gasteiger partial charge is 0.417 e. The van der Waals surface area contributed by atoms with Crippen molar-refractivity contribution in [2.75, 3.05) is 6.61 Å². The van der Waals surface area contributed by atoms with Crippen LogP contribution in [-0.2, 0) is 11.2 Å². The van der Waals surface area contributed by atoms with Crippen LogP contribution in [0, 0.1) is 17.6 Å². The maximum Gasteiger partial charge on any atom is 0.417 e. The highest BCUT2D eigenvalue weighted by Crippen LogP contribution is 2.50. The predicted octanol–water partition coefficient (Wildman–Crippen LogP) is 4.60. The molecule has 1 saturated heterocycles. The van der Waals surface area contributed by atoms with Crippen molar-refractivity contribution in [1.29, 1.82) is 0 Å². The van der Waals surface area contributed by atoms with E-state index in [1.807, 2.05) is 0 Å². The first-order chi connectivity index (χ1) is 9.63. The van der Waals surface area contributed by atoms with Crippen LogP contribution in [-0.4, -0.2) is 18.4 Å². The Morgan fingerprint density at radius 3 is 2.38 bits per heavy atom. The molecule has 1 aliphatic rings. The summed E-state index contributed by atoms with van der Waals surface area (Å²) >= 11 is 0. The smallest absolute Gasteiger partial charge is 0.365 e. The van der Waals surface area contributed by atoms with Gasteiger partial charge in [-0.15, -0.1) is 0 Å². The fraction of sp³-hybridized carbons (Fsp3) is 0.600. The van der Waals surface area contributed by atoms with E-state index in [4.69, 9.17) is 4.74 Å². The zero-order valence-corrected chi connectivity index (χ0v) is 12.0. The number of benzene rings is 1. The molecule has 1 aliphatic heterocycles. The van der Waals surface area contributed by atoms with Crippen LogP contribution in [0.2, 0.25) is 0 Å². The monoisotopic (exact) mass is 308 g/mol. The normalized spacial score (nSPS) is 29.9. The van der Waals surface area contributed by atoms with E-state index in [2.05, 4.69) is 0 Å². The third-order valence-corrected chi connectivity index (χ3v) is 4.58. The highest BCUT2D eigenvalue weighted by Gasteiger charge is 2.61. The summed E-state index contributed by atoms with van der Waals surface area (Å²) in [6, 6.07) is 2.32. The summed E-state index contributed by atoms with van der Waals surface area (Å²) in [5.41, 5.74) is -1.74. The highest BCUT2D eigenvalue weighted by atomic mass is 19.4. The molecule has 0 radical (unpaired) electrons. The Labute approximate surface area is 120 Å². The number of rotatable bonds is 2. The van der Waals surface area contributed by atoms with Crippen molar-refractivity contribution in [3.05, 3.63) is 34.9 Å². The number of hydrogen-bond acceptors (Lipinski definition) is 1. The molecule has 1 aromatic carbocycles. The predicted molar refractivity (Wildman–Crippen MR) is 68.1 cm³/mol. The minimum absolute atomic E-state index is 0.127. The van der Waals surface area contributed by atoms with Gasteiger partial charge in [0.1, 0.15) is 0 Å². The average Bonchev–Trinajstić information content (AvgIpc) is 2.70. The van der Waals surface area contributed by atoms with Gasteiger partial charge in [-0.05, 0) is 30.5 Å². The summed E-state index contributed by atoms with van der Waals surface area (Å²) in [7, 11) is 0. The van der Waals surface area contributed by atoms with E-state index in [0.717, 1.165) is 13.0 Å². The Morgan fingerprint density at radius 2 is 1.90 bits per heavy atom. The molecule has 0 aromatic heterocycles. The average molecular weight is 308 g/mol. The van der Waals surface area contributed by atoms with Gasteiger partial charge in [0.2, 0.25) is 0 Å². The standard InChI is InChI=1S/C15H17F5O/c1-4-9-10(5-6-12(16)13(9)17)11-7-21-14(3,8(11)2)15(18,19)20/h5-6,8,11H,4,7H2,1-3H3/t8-,11-,14+/m1/s1. The van der Waals surface area contributed by atoms with Crippen molar-refractivity contribution < 1.29 is 26.7 Å². The third kappa shape index (κ3) is 2.43. The van der Waals surface area contributed by atoms with Crippen molar-refractivity contribution >= 4 is 0 Å². The molecule has 0 N–H and O–H groups in total. The SMILES string of the molecule is CCc1c([C@@H]2CO[C@](C)(C(F)(F)F)[C@@H]2C)ccc(F)c1F. The summed E-state index contributed by atoms with van der Waals surface area (Å²) in [4.78, 5) is 0. The molecule has 1 fully saturated rings. The minimum Gasteiger partial charge on any atom is -0.365 e. The quantitative estimate of drug-likeness (QED) is 0.726. The molecular formula is C15H17F5O. The Balaban J connectivity index is 2.44. The lowest BCUT2D eigenvalue weighted by Crippen LogP contribution is -2.46. The van der Waals surface area contributed by atoms with Crippen molar-refractivity contribution in [1.82, 2.24) is 0 Å². The second kappa shape index (κ2) is 5.23. The second-order valence-electron chi connectivity index (χ2n) is 5.59. The van der Waals surface area contributed by atoms with Gasteiger partial charge in [0.05, 0.1) is 6.61 Å². The molecule has 0 aliphatic carbocycles. The first-order valence-electron chi connectivity index (χ1n) is 6.81. The Bertz CT molecular complexity index is 540. The van der Waals surface area contributed by atoms with E-state index in [9.17, 15) is 22.0 Å². The van der Waals surface area contributed by atoms with Crippen molar-refractivity contribution in [3.63, 3.8) is 0 Å². The lowest BCUT2D eigenvalue weighted by Gasteiger charge is -2.32. The van der Waals surface area contributed by atoms with Crippen LogP contribution in [0.3, 0.4) is 0 Å². The van der Waals surface area contributed by atoms with Crippen LogP contribution in [0.5, 0.6) is 0 Å². The lowest BCUT2D eigenvalue weighted by molar-refractivity contribution is -0.266. The number of halogens is 5. The van der Waals surface area contributed by atoms with E-state index in [1.54, 1.807) is 6.92 Å². The fourth-order valence-corrected chi connectivity index (χ4v) is 2.94. The number of ether oxygens (including phenoxy) is 1. The maximum absolute atomic E-state index is 13.8. The van der Waals surface area contributed by atoms with Crippen LogP contribution in [0.15, 0.2) is 12.1 Å². The zero-order chi connectivity index (χ0) is 16.0. The summed E-state index contributed by atoms with van der Waals surface area (Å²) < 4.78 is 71.6. The van der Waals surface area contributed by atoms with Crippen LogP contribution < -0.4 is 0 Å². The second-order valence-corrected chi connectivity index (χ2v) is 5.59. The van der Waals surface area contributed by atoms with Gasteiger partial charge in [0.25, 0.3) is 0 Å². The molecule has 21 heavy (non-hydrogen) atoms. The van der Waals surface area contributed by atoms with Gasteiger partial charge in [0, 0.05) is 11.8 Å². The van der Waals surface area contributed by atoms with Crippen LogP contribution >= 0.6 is 0 Å². The molecule has 2 rings (SSSR count). The van der Waals surface area contributed by atoms with Crippen molar-refractivity contribution in [2.45, 2.75) is 44.9 Å². The van der Waals surface area contributed by atoms with Crippen LogP contribution in [0.4, 0.5) is 22.0 Å². The van der Waals surface area contributed by atoms with Crippen LogP contribution in [0.1, 0.15) is 37.8 Å². The molecule has 0 saturated carbocycles. The van der Waals surface area contributed by atoms with E-state index >= 15 is 0 Å². The summed E-state index contributed by atoms with van der Waals surface area (Å²) in [5.74, 6) is -3.46. The topological polar surface area (TPSA) is 9.23 Å². The van der Waals surface area contributed by atoms with E-state index < -0.39 is 35.2 Å². The molecule has 0 unspecified atom stereocenters. The summed E-state index contributed by atoms with van der Waals surface area (Å²) in [6.45, 7) is 3.93. The Hall–Kier alpha value is -1.17. The first kappa shape index (κ1) is 16.2. The molecular weight excluding hydrogens is 291 g/mol. The summed E-state index contributed by atoms with van der Waals surface area (Å²) in [5, 5.41) is 0. The molecule has 1 nitrogen and oxygen atoms in total. The highest BCUT2D eigenvalue weighted by molar-refractivity contribution is 5.34. The number of alkyl halides is 3. The molecule has 0 spiro atoms. The van der Waals surface area contributed by atoms with Gasteiger partial charge >= 0.3 is 6.18 Å². The van der Waals surface area contributed by atoms with Gasteiger partial charge < -0.3 is 4.74 Å². The zero-order valence-electron chi connectivity index (χ0n) is 12.0. The molecule has 0 bridgehead atoms. The van der Waals surface area contributed by atoms with E-state index in [1.165, 1.54) is 13.0 Å². The molecule has 1 heterocycles. The Kier molecular flexibility index (Phi) is 4.04. The van der Waals surface area contributed by atoms with Gasteiger partial charge in [-0.1, -0.05) is 19.9 Å². The van der Waals surface area contributed by atoms with Gasteiger partial charge in [-0.2, -0.15) is 13.2 Å². The Morgan fingerprint density at radius 1 is 1.29 bits per heavy atom. The minimum atomic E-state index is -4.51. The van der Waals surface area contributed by atoms with E-state index in [0.29, 0.717) is 5.56 Å². The first-order valence-corrected chi connectivity index (χ1v) is 6.81. The van der Waals surface area contributed by atoms with Crippen molar-refractivity contribution in [3.8, 4) is 0 Å². The summed E-state index contributed by atoms with van der Waals surface area (Å²) in [6.07, 6.45) is -4.29. The fourth-order valence-electron chi connectivity index (χ4n) is 2.94. The maximum atomic E-state index is 13.8. The molecule has 3 atom stereocenters. The van der Waals surface area contributed by atoms with Crippen LogP contribution in [0.25, 0.3) is 0 Å². The van der Waals surface area contributed by atoms with Gasteiger partial charge in [-0.25, -0.2) is 8.78 Å². The molecule has 1 aromatic rings. The lowest BCUT2D eigenvalue weighted by atomic mass is 9.78. The van der Waals surface area contributed by atoms with Crippen molar-refractivity contribution in [2.24, 2.45) is 5.92 Å². The van der Waals surface area contributed by atoms with E-state index in [-0.39, 0.29) is 18.6 Å². The molecule has 118 valence electrons. The van der Waals surface area contributed by atoms with Gasteiger partial charge in [-0.3, -0.25) is 0 Å². The van der Waals surface area contributed by atoms with Gasteiger partial charge in [0.15, 0.2) is 17.2 Å². The number of hydrogen-bond donors (Lipinski definition) is 0. The molecule has 0 amide bonds. The third-order valence-electron chi connectivity index (χ3n) is 4.58.